The van der Waals surface area contributed by atoms with Crippen LogP contribution in [0.25, 0.3) is 11.3 Å². The van der Waals surface area contributed by atoms with Crippen molar-refractivity contribution in [1.29, 1.82) is 0 Å². The fourth-order valence-electron chi connectivity index (χ4n) is 3.84. The number of imide groups is 1. The van der Waals surface area contributed by atoms with E-state index in [1.54, 1.807) is 6.20 Å². The third-order valence-corrected chi connectivity index (χ3v) is 5.75. The molecule has 0 aliphatic carbocycles. The van der Waals surface area contributed by atoms with E-state index in [1.807, 2.05) is 37.3 Å². The average molecular weight is 449 g/mol. The van der Waals surface area contributed by atoms with Crippen LogP contribution in [-0.4, -0.2) is 39.3 Å². The summed E-state index contributed by atoms with van der Waals surface area (Å²) in [7, 11) is 0. The van der Waals surface area contributed by atoms with Crippen molar-refractivity contribution in [3.8, 4) is 11.3 Å². The lowest BCUT2D eigenvalue weighted by Crippen LogP contribution is -2.44. The molecule has 2 unspecified atom stereocenters. The predicted octanol–water partition coefficient (Wildman–Crippen LogP) is 3.25. The highest BCUT2D eigenvalue weighted by Gasteiger charge is 2.49. The number of rotatable bonds is 7. The van der Waals surface area contributed by atoms with Crippen LogP contribution in [0.2, 0.25) is 0 Å². The van der Waals surface area contributed by atoms with E-state index in [9.17, 15) is 18.8 Å². The quantitative estimate of drug-likeness (QED) is 0.481. The molecule has 4 rings (SSSR count). The summed E-state index contributed by atoms with van der Waals surface area (Å²) in [5, 5.41) is 5.44. The Morgan fingerprint density at radius 2 is 1.85 bits per heavy atom. The van der Waals surface area contributed by atoms with Gasteiger partial charge in [0.25, 0.3) is 5.91 Å². The first-order chi connectivity index (χ1) is 15.8. The number of imidazole rings is 1. The number of amides is 4. The largest absolute Gasteiger partial charge is 0.345 e. The second-order valence-corrected chi connectivity index (χ2v) is 8.03. The molecule has 8 nitrogen and oxygen atoms in total. The smallest absolute Gasteiger partial charge is 0.325 e. The van der Waals surface area contributed by atoms with Crippen molar-refractivity contribution < 1.29 is 18.8 Å². The topological polar surface area (TPSA) is 107 Å². The Hall–Kier alpha value is -4.01. The van der Waals surface area contributed by atoms with Crippen LogP contribution in [-0.2, 0) is 15.1 Å². The molecule has 0 spiro atoms. The maximum atomic E-state index is 13.3. The number of aromatic amines is 1. The molecule has 2 heterocycles. The van der Waals surface area contributed by atoms with Crippen LogP contribution in [0.4, 0.5) is 9.18 Å². The molecule has 3 aromatic rings. The van der Waals surface area contributed by atoms with E-state index in [0.29, 0.717) is 17.8 Å². The van der Waals surface area contributed by atoms with Crippen molar-refractivity contribution in [2.24, 2.45) is 0 Å². The minimum absolute atomic E-state index is 0.417. The molecule has 0 saturated carbocycles. The van der Waals surface area contributed by atoms with Gasteiger partial charge in [-0.2, -0.15) is 0 Å². The second-order valence-electron chi connectivity index (χ2n) is 8.03. The normalized spacial score (nSPS) is 18.8. The number of halogens is 1. The summed E-state index contributed by atoms with van der Waals surface area (Å²) in [5.74, 6) is -0.939. The SMILES string of the molecule is CCC(NC(=O)CN1C(=O)NC(C)(c2ccc(F)cc2)C1=O)c1ncc(-c2ccccc2)[nH]1. The number of H-pyrrole nitrogens is 1. The van der Waals surface area contributed by atoms with Crippen LogP contribution >= 0.6 is 0 Å². The highest BCUT2D eigenvalue weighted by atomic mass is 19.1. The third kappa shape index (κ3) is 4.34. The van der Waals surface area contributed by atoms with E-state index in [-0.39, 0.29) is 0 Å². The van der Waals surface area contributed by atoms with E-state index in [2.05, 4.69) is 20.6 Å². The zero-order chi connectivity index (χ0) is 23.6. The maximum absolute atomic E-state index is 13.3. The number of carbonyl (C=O) groups excluding carboxylic acids is 3. The molecule has 2 aromatic carbocycles. The molecular formula is C24H24FN5O3. The first-order valence-corrected chi connectivity index (χ1v) is 10.6. The Morgan fingerprint density at radius 3 is 2.52 bits per heavy atom. The lowest BCUT2D eigenvalue weighted by atomic mass is 9.92. The Kier molecular flexibility index (Phi) is 5.95. The number of nitrogens with zero attached hydrogens (tertiary/aromatic N) is 2. The van der Waals surface area contributed by atoms with Gasteiger partial charge in [-0.05, 0) is 36.6 Å². The number of urea groups is 1. The van der Waals surface area contributed by atoms with Crippen molar-refractivity contribution in [3.05, 3.63) is 78.0 Å². The van der Waals surface area contributed by atoms with Crippen LogP contribution in [0, 0.1) is 5.82 Å². The molecule has 0 bridgehead atoms. The molecular weight excluding hydrogens is 425 g/mol. The number of hydrogen-bond donors (Lipinski definition) is 3. The van der Waals surface area contributed by atoms with Crippen molar-refractivity contribution in [1.82, 2.24) is 25.5 Å². The van der Waals surface area contributed by atoms with Crippen LogP contribution in [0.15, 0.2) is 60.8 Å². The average Bonchev–Trinajstić information content (AvgIpc) is 3.38. The van der Waals surface area contributed by atoms with Gasteiger partial charge in [-0.15, -0.1) is 0 Å². The van der Waals surface area contributed by atoms with Gasteiger partial charge in [0.2, 0.25) is 5.91 Å². The molecule has 9 heteroatoms. The van der Waals surface area contributed by atoms with Crippen LogP contribution in [0.3, 0.4) is 0 Å². The summed E-state index contributed by atoms with van der Waals surface area (Å²) < 4.78 is 13.3. The van der Waals surface area contributed by atoms with Gasteiger partial charge < -0.3 is 15.6 Å². The molecule has 2 atom stereocenters. The van der Waals surface area contributed by atoms with E-state index >= 15 is 0 Å². The molecule has 33 heavy (non-hydrogen) atoms. The zero-order valence-electron chi connectivity index (χ0n) is 18.3. The zero-order valence-corrected chi connectivity index (χ0v) is 18.3. The maximum Gasteiger partial charge on any atom is 0.325 e. The van der Waals surface area contributed by atoms with Crippen LogP contribution in [0.1, 0.15) is 37.7 Å². The number of aromatic nitrogens is 2. The lowest BCUT2D eigenvalue weighted by molar-refractivity contribution is -0.135. The predicted molar refractivity (Wildman–Crippen MR) is 119 cm³/mol. The monoisotopic (exact) mass is 449 g/mol. The van der Waals surface area contributed by atoms with Gasteiger partial charge in [0.1, 0.15) is 23.7 Å². The van der Waals surface area contributed by atoms with Crippen molar-refractivity contribution in [2.75, 3.05) is 6.54 Å². The fraction of sp³-hybridized carbons (Fsp3) is 0.250. The van der Waals surface area contributed by atoms with Gasteiger partial charge in [-0.25, -0.2) is 14.2 Å². The standard InChI is InChI=1S/C24H24FN5O3/c1-3-18(21-26-13-19(28-21)15-7-5-4-6-8-15)27-20(31)14-30-22(32)24(2,29-23(30)33)16-9-11-17(25)12-10-16/h4-13,18H,3,14H2,1-2H3,(H,26,28)(H,27,31)(H,29,33). The minimum atomic E-state index is -1.37. The Morgan fingerprint density at radius 1 is 1.15 bits per heavy atom. The summed E-state index contributed by atoms with van der Waals surface area (Å²) in [6.07, 6.45) is 2.26. The summed E-state index contributed by atoms with van der Waals surface area (Å²) in [4.78, 5) is 46.7. The van der Waals surface area contributed by atoms with Gasteiger partial charge in [-0.1, -0.05) is 49.4 Å². The number of carbonyl (C=O) groups is 3. The van der Waals surface area contributed by atoms with Crippen molar-refractivity contribution in [3.63, 3.8) is 0 Å². The number of hydrogen-bond acceptors (Lipinski definition) is 4. The highest BCUT2D eigenvalue weighted by Crippen LogP contribution is 2.29. The Labute approximate surface area is 190 Å². The first-order valence-electron chi connectivity index (χ1n) is 10.6. The summed E-state index contributed by atoms with van der Waals surface area (Å²) in [6, 6.07) is 13.9. The molecule has 170 valence electrons. The number of benzene rings is 2. The number of nitrogens with one attached hydrogen (secondary N) is 3. The van der Waals surface area contributed by atoms with Gasteiger partial charge in [0.15, 0.2) is 0 Å². The molecule has 1 aromatic heterocycles. The van der Waals surface area contributed by atoms with E-state index in [0.717, 1.165) is 16.2 Å². The molecule has 1 aliphatic heterocycles. The Balaban J connectivity index is 1.44. The van der Waals surface area contributed by atoms with Gasteiger partial charge in [-0.3, -0.25) is 14.5 Å². The second kappa shape index (κ2) is 8.85. The summed E-state index contributed by atoms with van der Waals surface area (Å²) >= 11 is 0. The molecule has 4 amide bonds. The highest BCUT2D eigenvalue weighted by molar-refractivity contribution is 6.09. The Bertz CT molecular complexity index is 1180. The third-order valence-electron chi connectivity index (χ3n) is 5.75. The van der Waals surface area contributed by atoms with E-state index in [4.69, 9.17) is 0 Å². The minimum Gasteiger partial charge on any atom is -0.345 e. The summed E-state index contributed by atoms with van der Waals surface area (Å²) in [5.41, 5.74) is 0.848. The van der Waals surface area contributed by atoms with Gasteiger partial charge >= 0.3 is 6.03 Å². The van der Waals surface area contributed by atoms with Crippen LogP contribution in [0.5, 0.6) is 0 Å². The van der Waals surface area contributed by atoms with E-state index < -0.39 is 41.8 Å². The van der Waals surface area contributed by atoms with Gasteiger partial charge in [0, 0.05) is 0 Å². The summed E-state index contributed by atoms with van der Waals surface area (Å²) in [6.45, 7) is 2.99. The first kappa shape index (κ1) is 22.2. The molecule has 1 fully saturated rings. The molecule has 1 aliphatic rings. The lowest BCUT2D eigenvalue weighted by Gasteiger charge is -2.22. The van der Waals surface area contributed by atoms with E-state index in [1.165, 1.54) is 31.2 Å². The molecule has 3 N–H and O–H groups in total. The molecule has 1 saturated heterocycles. The van der Waals surface area contributed by atoms with Crippen molar-refractivity contribution in [2.45, 2.75) is 31.8 Å². The van der Waals surface area contributed by atoms with Crippen molar-refractivity contribution >= 4 is 17.8 Å². The molecule has 0 radical (unpaired) electrons. The van der Waals surface area contributed by atoms with Crippen LogP contribution < -0.4 is 10.6 Å². The fourth-order valence-corrected chi connectivity index (χ4v) is 3.84. The van der Waals surface area contributed by atoms with Gasteiger partial charge in [0.05, 0.1) is 17.9 Å².